The molecule has 0 unspecified atom stereocenters. The molecular weight excluding hydrogens is 318 g/mol. The van der Waals surface area contributed by atoms with Crippen LogP contribution >= 0.6 is 0 Å². The molecule has 104 valence electrons. The highest BCUT2D eigenvalue weighted by Gasteiger charge is 2.13. The molecule has 0 aliphatic carbocycles. The summed E-state index contributed by atoms with van der Waals surface area (Å²) in [5, 5.41) is 0. The quantitative estimate of drug-likeness (QED) is 0.561. The number of imidazole rings is 1. The Labute approximate surface area is 128 Å². The Morgan fingerprint density at radius 3 is 2.70 bits per heavy atom. The van der Waals surface area contributed by atoms with Crippen molar-refractivity contribution in [2.24, 2.45) is 7.05 Å². The van der Waals surface area contributed by atoms with Crippen LogP contribution in [-0.4, -0.2) is 16.5 Å². The number of hydrogen-bond acceptors (Lipinski definition) is 2. The van der Waals surface area contributed by atoms with Crippen molar-refractivity contribution in [1.82, 2.24) is 9.38 Å². The van der Waals surface area contributed by atoms with E-state index in [2.05, 4.69) is 27.7 Å². The summed E-state index contributed by atoms with van der Waals surface area (Å²) in [5.74, 6) is 1.84. The average molecular weight is 334 g/mol. The van der Waals surface area contributed by atoms with E-state index >= 15 is 0 Å². The number of hydrogen-bond donors (Lipinski definition) is 0. The highest BCUT2D eigenvalue weighted by molar-refractivity contribution is 5.31. The second-order valence-electron chi connectivity index (χ2n) is 4.55. The van der Waals surface area contributed by atoms with Crippen molar-refractivity contribution in [3.8, 4) is 5.75 Å². The average Bonchev–Trinajstić information content (AvgIpc) is 2.77. The van der Waals surface area contributed by atoms with E-state index in [1.165, 1.54) is 11.3 Å². The Kier molecular flexibility index (Phi) is 4.39. The van der Waals surface area contributed by atoms with Gasteiger partial charge in [-0.1, -0.05) is 17.1 Å². The molecule has 2 aromatic heterocycles. The number of fused-ring (bicyclic) bond motifs is 1. The van der Waals surface area contributed by atoms with Crippen molar-refractivity contribution >= 4 is 5.78 Å². The molecule has 0 saturated carbocycles. The maximum atomic E-state index is 5.17. The van der Waals surface area contributed by atoms with Crippen molar-refractivity contribution in [1.29, 1.82) is 0 Å². The zero-order valence-electron chi connectivity index (χ0n) is 11.5. The normalized spacial score (nSPS) is 10.3. The van der Waals surface area contributed by atoms with Gasteiger partial charge < -0.3 is 21.7 Å². The number of halogens is 1. The predicted molar refractivity (Wildman–Crippen MR) is 72.2 cm³/mol. The van der Waals surface area contributed by atoms with Gasteiger partial charge in [0.15, 0.2) is 0 Å². The number of aromatic nitrogens is 3. The van der Waals surface area contributed by atoms with Crippen LogP contribution in [0.4, 0.5) is 0 Å². The molecule has 4 nitrogen and oxygen atoms in total. The van der Waals surface area contributed by atoms with Gasteiger partial charge in [-0.15, -0.1) is 0 Å². The van der Waals surface area contributed by atoms with Crippen LogP contribution in [0.25, 0.3) is 5.78 Å². The van der Waals surface area contributed by atoms with Crippen LogP contribution in [0.3, 0.4) is 0 Å². The van der Waals surface area contributed by atoms with Gasteiger partial charge in [-0.25, -0.2) is 8.97 Å². The van der Waals surface area contributed by atoms with E-state index in [0.29, 0.717) is 0 Å². The van der Waals surface area contributed by atoms with Crippen LogP contribution in [0.15, 0.2) is 48.9 Å². The zero-order chi connectivity index (χ0) is 13.2. The Balaban J connectivity index is 0.00000147. The van der Waals surface area contributed by atoms with Crippen LogP contribution in [0.2, 0.25) is 0 Å². The van der Waals surface area contributed by atoms with Gasteiger partial charge in [-0.05, 0) is 17.7 Å². The molecular formula is C15H16BrN3O. The molecule has 1 aromatic carbocycles. The largest absolute Gasteiger partial charge is 1.00 e. The Bertz CT molecular complexity index is 707. The maximum Gasteiger partial charge on any atom is 0.403 e. The fourth-order valence-corrected chi connectivity index (χ4v) is 2.28. The zero-order valence-corrected chi connectivity index (χ0v) is 13.0. The van der Waals surface area contributed by atoms with E-state index in [1.807, 2.05) is 42.2 Å². The van der Waals surface area contributed by atoms with Crippen molar-refractivity contribution in [3.05, 3.63) is 60.2 Å². The van der Waals surface area contributed by atoms with E-state index in [9.17, 15) is 0 Å². The summed E-state index contributed by atoms with van der Waals surface area (Å²) >= 11 is 0. The van der Waals surface area contributed by atoms with Crippen LogP contribution in [0, 0.1) is 0 Å². The second-order valence-corrected chi connectivity index (χ2v) is 4.55. The highest BCUT2D eigenvalue weighted by atomic mass is 79.9. The number of aryl methyl sites for hydroxylation is 1. The molecule has 3 rings (SSSR count). The Morgan fingerprint density at radius 2 is 2.00 bits per heavy atom. The van der Waals surface area contributed by atoms with Gasteiger partial charge in [0.05, 0.1) is 20.4 Å². The first kappa shape index (κ1) is 14.5. The van der Waals surface area contributed by atoms with Gasteiger partial charge in [0.25, 0.3) is 0 Å². The minimum atomic E-state index is 0. The van der Waals surface area contributed by atoms with E-state index < -0.39 is 0 Å². The van der Waals surface area contributed by atoms with Crippen LogP contribution in [-0.2, 0) is 13.5 Å². The summed E-state index contributed by atoms with van der Waals surface area (Å²) in [7, 11) is 3.70. The van der Waals surface area contributed by atoms with Crippen LogP contribution < -0.4 is 26.3 Å². The smallest absolute Gasteiger partial charge is 0.403 e. The number of rotatable bonds is 3. The van der Waals surface area contributed by atoms with Crippen molar-refractivity contribution in [3.63, 3.8) is 0 Å². The molecule has 0 spiro atoms. The fraction of sp³-hybridized carbons (Fsp3) is 0.200. The maximum absolute atomic E-state index is 5.17. The third kappa shape index (κ3) is 2.67. The molecule has 0 fully saturated rings. The molecule has 0 amide bonds. The molecule has 3 aromatic rings. The fourth-order valence-electron chi connectivity index (χ4n) is 2.28. The lowest BCUT2D eigenvalue weighted by Crippen LogP contribution is -3.00. The number of nitrogens with zero attached hydrogens (tertiary/aromatic N) is 3. The first-order chi connectivity index (χ1) is 9.28. The molecule has 0 aliphatic rings. The van der Waals surface area contributed by atoms with Crippen molar-refractivity contribution in [2.75, 3.05) is 7.11 Å². The minimum Gasteiger partial charge on any atom is -1.00 e. The summed E-state index contributed by atoms with van der Waals surface area (Å²) in [6, 6.07) is 10.1. The summed E-state index contributed by atoms with van der Waals surface area (Å²) in [6.07, 6.45) is 6.85. The number of benzene rings is 1. The van der Waals surface area contributed by atoms with Gasteiger partial charge in [-0.3, -0.25) is 0 Å². The van der Waals surface area contributed by atoms with Gasteiger partial charge in [-0.2, -0.15) is 0 Å². The SMILES string of the molecule is COc1ccc(Cc2c[n+](C)c3ncccn23)cc1.[Br-]. The molecule has 0 N–H and O–H groups in total. The first-order valence-corrected chi connectivity index (χ1v) is 6.21. The van der Waals surface area contributed by atoms with Gasteiger partial charge in [0.1, 0.15) is 23.8 Å². The lowest BCUT2D eigenvalue weighted by Gasteiger charge is -2.01. The molecule has 0 saturated heterocycles. The lowest BCUT2D eigenvalue weighted by atomic mass is 10.1. The highest BCUT2D eigenvalue weighted by Crippen LogP contribution is 2.14. The van der Waals surface area contributed by atoms with E-state index in [0.717, 1.165) is 17.9 Å². The molecule has 20 heavy (non-hydrogen) atoms. The van der Waals surface area contributed by atoms with Gasteiger partial charge >= 0.3 is 5.78 Å². The van der Waals surface area contributed by atoms with Crippen molar-refractivity contribution < 1.29 is 26.3 Å². The van der Waals surface area contributed by atoms with Gasteiger partial charge in [0.2, 0.25) is 0 Å². The molecule has 2 heterocycles. The van der Waals surface area contributed by atoms with Crippen LogP contribution in [0.5, 0.6) is 5.75 Å². The topological polar surface area (TPSA) is 30.4 Å². The lowest BCUT2D eigenvalue weighted by molar-refractivity contribution is -0.646. The predicted octanol–water partition coefficient (Wildman–Crippen LogP) is -1.24. The standard InChI is InChI=1S/C15H16N3O.BrH/c1-17-11-13(18-9-3-8-16-15(17)18)10-12-4-6-14(19-2)7-5-12;/h3-9,11H,10H2,1-2H3;1H/q+1;/p-1. The van der Waals surface area contributed by atoms with E-state index in [1.54, 1.807) is 7.11 Å². The second kappa shape index (κ2) is 6.05. The first-order valence-electron chi connectivity index (χ1n) is 6.21. The third-order valence-corrected chi connectivity index (χ3v) is 3.24. The summed E-state index contributed by atoms with van der Waals surface area (Å²) in [6.45, 7) is 0. The van der Waals surface area contributed by atoms with E-state index in [-0.39, 0.29) is 17.0 Å². The minimum absolute atomic E-state index is 0. The van der Waals surface area contributed by atoms with Crippen molar-refractivity contribution in [2.45, 2.75) is 6.42 Å². The summed E-state index contributed by atoms with van der Waals surface area (Å²) < 4.78 is 9.33. The van der Waals surface area contributed by atoms with Gasteiger partial charge in [0, 0.05) is 12.5 Å². The third-order valence-electron chi connectivity index (χ3n) is 3.24. The molecule has 0 radical (unpaired) electrons. The number of methoxy groups -OCH3 is 1. The molecule has 5 heteroatoms. The van der Waals surface area contributed by atoms with E-state index in [4.69, 9.17) is 4.74 Å². The monoisotopic (exact) mass is 333 g/mol. The molecule has 0 bridgehead atoms. The van der Waals surface area contributed by atoms with Crippen LogP contribution in [0.1, 0.15) is 11.3 Å². The summed E-state index contributed by atoms with van der Waals surface area (Å²) in [4.78, 5) is 4.38. The Morgan fingerprint density at radius 1 is 1.25 bits per heavy atom. The number of ether oxygens (including phenoxy) is 1. The molecule has 0 atom stereocenters. The molecule has 0 aliphatic heterocycles. The Hall–Kier alpha value is -1.88. The summed E-state index contributed by atoms with van der Waals surface area (Å²) in [5.41, 5.74) is 2.47.